The highest BCUT2D eigenvalue weighted by molar-refractivity contribution is 5.76. The fourth-order valence-corrected chi connectivity index (χ4v) is 4.42. The van der Waals surface area contributed by atoms with E-state index in [2.05, 4.69) is 22.4 Å². The molecule has 160 valence electrons. The lowest BCUT2D eigenvalue weighted by atomic mass is 9.83. The zero-order chi connectivity index (χ0) is 20.5. The van der Waals surface area contributed by atoms with Crippen molar-refractivity contribution < 1.29 is 14.7 Å². The zero-order valence-corrected chi connectivity index (χ0v) is 17.4. The Labute approximate surface area is 174 Å². The van der Waals surface area contributed by atoms with E-state index in [1.807, 2.05) is 18.3 Å². The standard InChI is InChI=1S/C23H35N3O3/c1-17(26-28)11-13-20-14-12-18(15-24-20)16-25-22(19-7-3-2-4-8-19)23(27)29-21-9-5-6-10-21/h12,14-15,19,21-22,25-26,28H,1-11,13,16H2. The van der Waals surface area contributed by atoms with Gasteiger partial charge in [0.25, 0.3) is 0 Å². The van der Waals surface area contributed by atoms with Gasteiger partial charge in [0, 0.05) is 24.1 Å². The predicted molar refractivity (Wildman–Crippen MR) is 112 cm³/mol. The Morgan fingerprint density at radius 3 is 2.55 bits per heavy atom. The molecule has 2 aliphatic rings. The van der Waals surface area contributed by atoms with Crippen molar-refractivity contribution in [1.29, 1.82) is 0 Å². The molecule has 1 aromatic heterocycles. The highest BCUT2D eigenvalue weighted by Gasteiger charge is 2.32. The topological polar surface area (TPSA) is 83.5 Å². The van der Waals surface area contributed by atoms with Gasteiger partial charge in [-0.15, -0.1) is 0 Å². The molecule has 1 unspecified atom stereocenters. The van der Waals surface area contributed by atoms with Crippen molar-refractivity contribution in [2.45, 2.75) is 89.3 Å². The fraction of sp³-hybridized carbons (Fsp3) is 0.652. The van der Waals surface area contributed by atoms with Gasteiger partial charge in [0.2, 0.25) is 0 Å². The lowest BCUT2D eigenvalue weighted by Gasteiger charge is -2.30. The van der Waals surface area contributed by atoms with Gasteiger partial charge in [-0.05, 0) is 68.9 Å². The Bertz CT molecular complexity index is 650. The maximum Gasteiger partial charge on any atom is 0.323 e. The summed E-state index contributed by atoms with van der Waals surface area (Å²) in [7, 11) is 0. The number of allylic oxidation sites excluding steroid dienone is 1. The number of nitrogens with one attached hydrogen (secondary N) is 2. The second kappa shape index (κ2) is 11.3. The average Bonchev–Trinajstić information content (AvgIpc) is 3.26. The first-order valence-electron chi connectivity index (χ1n) is 11.1. The van der Waals surface area contributed by atoms with Crippen LogP contribution in [0.15, 0.2) is 30.6 Å². The summed E-state index contributed by atoms with van der Waals surface area (Å²) in [6.45, 7) is 4.32. The maximum atomic E-state index is 12.9. The van der Waals surface area contributed by atoms with Crippen molar-refractivity contribution in [1.82, 2.24) is 15.8 Å². The van der Waals surface area contributed by atoms with Gasteiger partial charge in [0.1, 0.15) is 12.1 Å². The van der Waals surface area contributed by atoms with Gasteiger partial charge in [0.05, 0.1) is 0 Å². The Balaban J connectivity index is 1.55. The number of ether oxygens (including phenoxy) is 1. The number of hydrogen-bond donors (Lipinski definition) is 3. The number of hydrogen-bond acceptors (Lipinski definition) is 6. The molecule has 0 spiro atoms. The van der Waals surface area contributed by atoms with Crippen molar-refractivity contribution in [3.63, 3.8) is 0 Å². The first-order valence-corrected chi connectivity index (χ1v) is 11.1. The smallest absolute Gasteiger partial charge is 0.323 e. The van der Waals surface area contributed by atoms with Gasteiger partial charge in [-0.25, -0.2) is 0 Å². The first-order chi connectivity index (χ1) is 14.2. The van der Waals surface area contributed by atoms with Crippen LogP contribution in [-0.4, -0.2) is 28.3 Å². The summed E-state index contributed by atoms with van der Waals surface area (Å²) in [6, 6.07) is 3.81. The second-order valence-electron chi connectivity index (χ2n) is 8.47. The van der Waals surface area contributed by atoms with Crippen LogP contribution < -0.4 is 10.8 Å². The van der Waals surface area contributed by atoms with Crippen LogP contribution in [0.5, 0.6) is 0 Å². The SMILES string of the molecule is C=C(CCc1ccc(CNC(C(=O)OC2CCCC2)C2CCCCC2)cn1)NO. The van der Waals surface area contributed by atoms with Gasteiger partial charge in [-0.3, -0.25) is 20.5 Å². The number of pyridine rings is 1. The predicted octanol–water partition coefficient (Wildman–Crippen LogP) is 4.03. The number of hydroxylamine groups is 1. The van der Waals surface area contributed by atoms with Gasteiger partial charge in [-0.2, -0.15) is 0 Å². The monoisotopic (exact) mass is 401 g/mol. The molecule has 0 amide bonds. The van der Waals surface area contributed by atoms with Gasteiger partial charge < -0.3 is 10.1 Å². The summed E-state index contributed by atoms with van der Waals surface area (Å²) < 4.78 is 5.85. The van der Waals surface area contributed by atoms with Crippen molar-refractivity contribution in [2.75, 3.05) is 0 Å². The molecular formula is C23H35N3O3. The summed E-state index contributed by atoms with van der Waals surface area (Å²) in [5, 5.41) is 12.3. The number of aryl methyl sites for hydroxylation is 1. The number of carbonyl (C=O) groups is 1. The minimum absolute atomic E-state index is 0.0663. The maximum absolute atomic E-state index is 12.9. The molecule has 2 aliphatic carbocycles. The van der Waals surface area contributed by atoms with E-state index in [1.165, 1.54) is 32.1 Å². The molecule has 0 bridgehead atoms. The molecule has 1 aromatic rings. The van der Waals surface area contributed by atoms with E-state index in [1.54, 1.807) is 0 Å². The van der Waals surface area contributed by atoms with E-state index in [9.17, 15) is 4.79 Å². The number of nitrogens with zero attached hydrogens (tertiary/aromatic N) is 1. The Morgan fingerprint density at radius 2 is 1.90 bits per heavy atom. The third-order valence-electron chi connectivity index (χ3n) is 6.21. The van der Waals surface area contributed by atoms with Gasteiger partial charge in [0.15, 0.2) is 0 Å². The first kappa shape index (κ1) is 21.8. The molecule has 1 atom stereocenters. The molecule has 29 heavy (non-hydrogen) atoms. The van der Waals surface area contributed by atoms with Crippen LogP contribution in [0.1, 0.15) is 75.5 Å². The molecule has 3 rings (SSSR count). The van der Waals surface area contributed by atoms with Crippen molar-refractivity contribution in [3.8, 4) is 0 Å². The molecular weight excluding hydrogens is 366 g/mol. The third-order valence-corrected chi connectivity index (χ3v) is 6.21. The van der Waals surface area contributed by atoms with Crippen LogP contribution in [0, 0.1) is 5.92 Å². The molecule has 0 radical (unpaired) electrons. The zero-order valence-electron chi connectivity index (χ0n) is 17.4. The van der Waals surface area contributed by atoms with Crippen LogP contribution >= 0.6 is 0 Å². The normalized spacial score (nSPS) is 19.1. The summed E-state index contributed by atoms with van der Waals surface area (Å²) in [5.74, 6) is 0.297. The summed E-state index contributed by atoms with van der Waals surface area (Å²) in [6.07, 6.45) is 13.5. The molecule has 2 saturated carbocycles. The van der Waals surface area contributed by atoms with Crippen LogP contribution in [0.4, 0.5) is 0 Å². The quantitative estimate of drug-likeness (QED) is 0.405. The molecule has 1 heterocycles. The fourth-order valence-electron chi connectivity index (χ4n) is 4.42. The Kier molecular flexibility index (Phi) is 8.50. The summed E-state index contributed by atoms with van der Waals surface area (Å²) >= 11 is 0. The Hall–Kier alpha value is -1.92. The molecule has 3 N–H and O–H groups in total. The van der Waals surface area contributed by atoms with E-state index in [4.69, 9.17) is 9.94 Å². The minimum Gasteiger partial charge on any atom is -0.461 e. The van der Waals surface area contributed by atoms with Crippen molar-refractivity contribution in [2.24, 2.45) is 5.92 Å². The molecule has 0 aliphatic heterocycles. The van der Waals surface area contributed by atoms with Gasteiger partial charge in [-0.1, -0.05) is 31.9 Å². The molecule has 6 heteroatoms. The number of esters is 1. The van der Waals surface area contributed by atoms with E-state index < -0.39 is 0 Å². The minimum atomic E-state index is -0.227. The van der Waals surface area contributed by atoms with Crippen LogP contribution in [0.25, 0.3) is 0 Å². The van der Waals surface area contributed by atoms with Crippen molar-refractivity contribution >= 4 is 5.97 Å². The number of rotatable bonds is 10. The number of carbonyl (C=O) groups excluding carboxylic acids is 1. The highest BCUT2D eigenvalue weighted by Crippen LogP contribution is 2.29. The molecule has 0 aromatic carbocycles. The lowest BCUT2D eigenvalue weighted by Crippen LogP contribution is -2.45. The Morgan fingerprint density at radius 1 is 1.17 bits per heavy atom. The van der Waals surface area contributed by atoms with Crippen molar-refractivity contribution in [3.05, 3.63) is 41.9 Å². The van der Waals surface area contributed by atoms with Crippen LogP contribution in [-0.2, 0) is 22.5 Å². The van der Waals surface area contributed by atoms with Crippen LogP contribution in [0.3, 0.4) is 0 Å². The lowest BCUT2D eigenvalue weighted by molar-refractivity contribution is -0.153. The average molecular weight is 402 g/mol. The molecule has 6 nitrogen and oxygen atoms in total. The summed E-state index contributed by atoms with van der Waals surface area (Å²) in [5.41, 5.74) is 4.66. The summed E-state index contributed by atoms with van der Waals surface area (Å²) in [4.78, 5) is 17.4. The van der Waals surface area contributed by atoms with E-state index in [0.717, 1.165) is 43.4 Å². The highest BCUT2D eigenvalue weighted by atomic mass is 16.5. The van der Waals surface area contributed by atoms with E-state index in [0.29, 0.717) is 24.6 Å². The largest absolute Gasteiger partial charge is 0.461 e. The van der Waals surface area contributed by atoms with Gasteiger partial charge >= 0.3 is 5.97 Å². The number of aromatic nitrogens is 1. The van der Waals surface area contributed by atoms with Crippen LogP contribution in [0.2, 0.25) is 0 Å². The third kappa shape index (κ3) is 6.82. The second-order valence-corrected chi connectivity index (χ2v) is 8.47. The van der Waals surface area contributed by atoms with E-state index >= 15 is 0 Å². The van der Waals surface area contributed by atoms with E-state index in [-0.39, 0.29) is 18.1 Å². The molecule has 2 fully saturated rings. The molecule has 0 saturated heterocycles.